The van der Waals surface area contributed by atoms with Crippen LogP contribution < -0.4 is 10.6 Å². The molecule has 0 bridgehead atoms. The third-order valence-electron chi connectivity index (χ3n) is 3.10. The minimum absolute atomic E-state index is 0.265. The van der Waals surface area contributed by atoms with E-state index in [1.165, 1.54) is 17.5 Å². The molecule has 0 saturated heterocycles. The number of amides is 1. The van der Waals surface area contributed by atoms with Gasteiger partial charge in [-0.25, -0.2) is 15.0 Å². The number of hydrogen-bond acceptors (Lipinski definition) is 7. The summed E-state index contributed by atoms with van der Waals surface area (Å²) in [6.45, 7) is 3.56. The molecule has 3 aromatic heterocycles. The predicted molar refractivity (Wildman–Crippen MR) is 102 cm³/mol. The van der Waals surface area contributed by atoms with Crippen molar-refractivity contribution in [3.05, 3.63) is 50.5 Å². The molecule has 25 heavy (non-hydrogen) atoms. The second-order valence-corrected chi connectivity index (χ2v) is 7.26. The Balaban J connectivity index is 1.75. The third-order valence-corrected chi connectivity index (χ3v) is 4.87. The Labute approximate surface area is 161 Å². The van der Waals surface area contributed by atoms with Crippen molar-refractivity contribution in [1.29, 1.82) is 0 Å². The normalized spacial score (nSPS) is 10.6. The number of nitrogens with zero attached hydrogens (tertiary/aromatic N) is 4. The fourth-order valence-corrected chi connectivity index (χ4v) is 3.45. The summed E-state index contributed by atoms with van der Waals surface area (Å²) in [5, 5.41) is 6.72. The van der Waals surface area contributed by atoms with Crippen LogP contribution in [0.15, 0.2) is 29.0 Å². The first kappa shape index (κ1) is 17.7. The minimum atomic E-state index is -0.265. The van der Waals surface area contributed by atoms with Gasteiger partial charge in [0.25, 0.3) is 5.91 Å². The van der Waals surface area contributed by atoms with Crippen LogP contribution in [0.5, 0.6) is 0 Å². The average molecular weight is 440 g/mol. The van der Waals surface area contributed by atoms with Gasteiger partial charge >= 0.3 is 0 Å². The van der Waals surface area contributed by atoms with Crippen LogP contribution in [0, 0.1) is 13.8 Å². The monoisotopic (exact) mass is 438 g/mol. The zero-order valence-corrected chi connectivity index (χ0v) is 16.3. The lowest BCUT2D eigenvalue weighted by Gasteiger charge is -2.08. The number of halogens is 2. The van der Waals surface area contributed by atoms with Crippen LogP contribution in [0.2, 0.25) is 5.15 Å². The standard InChI is InChI=1S/C15H12BrClN6OS/c1-7-13(9(16)3-4-18-7)23-14(24)10-6-19-15(25-10)22-12-5-11(17)20-8(2)21-12/h3-6H,1-2H3,(H,23,24)(H,19,20,21,22). The lowest BCUT2D eigenvalue weighted by molar-refractivity contribution is 0.103. The zero-order chi connectivity index (χ0) is 18.0. The number of carbonyl (C=O) groups excluding carboxylic acids is 1. The molecular formula is C15H12BrClN6OS. The smallest absolute Gasteiger partial charge is 0.267 e. The Kier molecular flexibility index (Phi) is 5.26. The van der Waals surface area contributed by atoms with E-state index < -0.39 is 0 Å². The second kappa shape index (κ2) is 7.42. The molecular weight excluding hydrogens is 428 g/mol. The number of aromatic nitrogens is 4. The molecule has 1 amide bonds. The van der Waals surface area contributed by atoms with Crippen LogP contribution in [0.3, 0.4) is 0 Å². The third kappa shape index (κ3) is 4.30. The van der Waals surface area contributed by atoms with Crippen molar-refractivity contribution in [2.75, 3.05) is 10.6 Å². The van der Waals surface area contributed by atoms with E-state index >= 15 is 0 Å². The average Bonchev–Trinajstić information content (AvgIpc) is 2.98. The molecule has 0 aliphatic carbocycles. The topological polar surface area (TPSA) is 92.7 Å². The summed E-state index contributed by atoms with van der Waals surface area (Å²) in [6, 6.07) is 3.36. The molecule has 0 atom stereocenters. The summed E-state index contributed by atoms with van der Waals surface area (Å²) in [5.74, 6) is 0.797. The van der Waals surface area contributed by atoms with E-state index in [-0.39, 0.29) is 5.91 Å². The fourth-order valence-electron chi connectivity index (χ4n) is 2.00. The second-order valence-electron chi connectivity index (χ2n) is 4.99. The number of rotatable bonds is 4. The molecule has 3 rings (SSSR count). The number of hydrogen-bond donors (Lipinski definition) is 2. The highest BCUT2D eigenvalue weighted by atomic mass is 79.9. The molecule has 3 heterocycles. The Morgan fingerprint density at radius 2 is 2.08 bits per heavy atom. The van der Waals surface area contributed by atoms with Gasteiger partial charge in [-0.15, -0.1) is 0 Å². The summed E-state index contributed by atoms with van der Waals surface area (Å²) in [6.07, 6.45) is 3.16. The van der Waals surface area contributed by atoms with Crippen LogP contribution >= 0.6 is 38.9 Å². The lowest BCUT2D eigenvalue weighted by atomic mass is 10.3. The van der Waals surface area contributed by atoms with Gasteiger partial charge in [-0.2, -0.15) is 0 Å². The quantitative estimate of drug-likeness (QED) is 0.587. The van der Waals surface area contributed by atoms with Crippen LogP contribution in [0.25, 0.3) is 0 Å². The Hall–Kier alpha value is -2.10. The molecule has 0 aliphatic rings. The highest BCUT2D eigenvalue weighted by Crippen LogP contribution is 2.27. The van der Waals surface area contributed by atoms with Gasteiger partial charge in [0.2, 0.25) is 0 Å². The number of thiazole rings is 1. The molecule has 0 aliphatic heterocycles. The van der Waals surface area contributed by atoms with Gasteiger partial charge in [0.1, 0.15) is 21.7 Å². The van der Waals surface area contributed by atoms with Gasteiger partial charge < -0.3 is 10.6 Å². The first-order valence-electron chi connectivity index (χ1n) is 7.09. The summed E-state index contributed by atoms with van der Waals surface area (Å²) in [5.41, 5.74) is 1.35. The Morgan fingerprint density at radius 1 is 1.28 bits per heavy atom. The molecule has 2 N–H and O–H groups in total. The summed E-state index contributed by atoms with van der Waals surface area (Å²) in [4.78, 5) is 29.5. The zero-order valence-electron chi connectivity index (χ0n) is 13.2. The number of aryl methyl sites for hydroxylation is 2. The molecule has 0 radical (unpaired) electrons. The molecule has 0 aromatic carbocycles. The number of carbonyl (C=O) groups is 1. The summed E-state index contributed by atoms with van der Waals surface area (Å²) in [7, 11) is 0. The molecule has 7 nitrogen and oxygen atoms in total. The van der Waals surface area contributed by atoms with Gasteiger partial charge in [0.05, 0.1) is 17.6 Å². The highest BCUT2D eigenvalue weighted by Gasteiger charge is 2.14. The van der Waals surface area contributed by atoms with Gasteiger partial charge in [-0.3, -0.25) is 9.78 Å². The predicted octanol–water partition coefficient (Wildman–Crippen LogP) is 4.36. The van der Waals surface area contributed by atoms with Crippen molar-refractivity contribution >= 4 is 61.4 Å². The number of nitrogens with one attached hydrogen (secondary N) is 2. The molecule has 128 valence electrons. The van der Waals surface area contributed by atoms with E-state index in [0.29, 0.717) is 32.5 Å². The van der Waals surface area contributed by atoms with Crippen molar-refractivity contribution in [3.63, 3.8) is 0 Å². The molecule has 10 heteroatoms. The maximum atomic E-state index is 12.4. The van der Waals surface area contributed by atoms with Crippen LogP contribution in [-0.2, 0) is 0 Å². The van der Waals surface area contributed by atoms with Crippen molar-refractivity contribution in [3.8, 4) is 0 Å². The first-order valence-corrected chi connectivity index (χ1v) is 9.07. The van der Waals surface area contributed by atoms with Gasteiger partial charge in [0, 0.05) is 16.7 Å². The molecule has 0 saturated carbocycles. The number of pyridine rings is 1. The largest absolute Gasteiger partial charge is 0.319 e. The molecule has 0 unspecified atom stereocenters. The van der Waals surface area contributed by atoms with Crippen molar-refractivity contribution < 1.29 is 4.79 Å². The van der Waals surface area contributed by atoms with Gasteiger partial charge in [-0.1, -0.05) is 22.9 Å². The van der Waals surface area contributed by atoms with Crippen LogP contribution in [0.1, 0.15) is 21.2 Å². The molecule has 3 aromatic rings. The van der Waals surface area contributed by atoms with Gasteiger partial charge in [0.15, 0.2) is 5.13 Å². The maximum Gasteiger partial charge on any atom is 0.267 e. The first-order chi connectivity index (χ1) is 11.9. The van der Waals surface area contributed by atoms with Gasteiger partial charge in [-0.05, 0) is 35.8 Å². The maximum absolute atomic E-state index is 12.4. The SMILES string of the molecule is Cc1nc(Cl)cc(Nc2ncc(C(=O)Nc3c(Br)ccnc3C)s2)n1. The Bertz CT molecular complexity index is 907. The fraction of sp³-hybridized carbons (Fsp3) is 0.133. The van der Waals surface area contributed by atoms with E-state index in [1.54, 1.807) is 25.3 Å². The molecule has 0 fully saturated rings. The van der Waals surface area contributed by atoms with E-state index in [9.17, 15) is 4.79 Å². The van der Waals surface area contributed by atoms with E-state index in [0.717, 1.165) is 10.2 Å². The molecule has 0 spiro atoms. The van der Waals surface area contributed by atoms with Crippen molar-refractivity contribution in [2.45, 2.75) is 13.8 Å². The van der Waals surface area contributed by atoms with Crippen LogP contribution in [-0.4, -0.2) is 25.8 Å². The highest BCUT2D eigenvalue weighted by molar-refractivity contribution is 9.10. The van der Waals surface area contributed by atoms with Crippen molar-refractivity contribution in [2.24, 2.45) is 0 Å². The Morgan fingerprint density at radius 3 is 2.80 bits per heavy atom. The van der Waals surface area contributed by atoms with E-state index in [4.69, 9.17) is 11.6 Å². The van der Waals surface area contributed by atoms with Crippen LogP contribution in [0.4, 0.5) is 16.6 Å². The number of anilines is 3. The van der Waals surface area contributed by atoms with E-state index in [2.05, 4.69) is 46.5 Å². The van der Waals surface area contributed by atoms with Crippen molar-refractivity contribution in [1.82, 2.24) is 19.9 Å². The summed E-state index contributed by atoms with van der Waals surface area (Å²) >= 11 is 10.5. The van der Waals surface area contributed by atoms with E-state index in [1.807, 2.05) is 6.92 Å². The summed E-state index contributed by atoms with van der Waals surface area (Å²) < 4.78 is 0.766. The lowest BCUT2D eigenvalue weighted by Crippen LogP contribution is -2.12. The minimum Gasteiger partial charge on any atom is -0.319 e.